The number of carbonyl (C=O) groups excluding carboxylic acids is 1. The van der Waals surface area contributed by atoms with Crippen LogP contribution in [0.4, 0.5) is 10.1 Å². The predicted molar refractivity (Wildman–Crippen MR) is 68.1 cm³/mol. The summed E-state index contributed by atoms with van der Waals surface area (Å²) in [4.78, 5) is 22.7. The standard InChI is InChI=1S/C11H10FN3O5S/c12-9-4-3-8(15(17)18)6-10(9)21(19,20)14-5-1-2-11(14)13-7-16/h3-4,6,11H,1-2,5H2. The van der Waals surface area contributed by atoms with Gasteiger partial charge in [-0.05, 0) is 18.9 Å². The van der Waals surface area contributed by atoms with Gasteiger partial charge in [0.05, 0.1) is 4.92 Å². The lowest BCUT2D eigenvalue weighted by Gasteiger charge is -2.20. The zero-order valence-corrected chi connectivity index (χ0v) is 11.4. The van der Waals surface area contributed by atoms with Gasteiger partial charge in [-0.1, -0.05) is 0 Å². The first-order valence-corrected chi connectivity index (χ1v) is 7.34. The molecule has 1 aromatic carbocycles. The number of nitrogens with zero attached hydrogens (tertiary/aromatic N) is 3. The zero-order chi connectivity index (χ0) is 15.6. The van der Waals surface area contributed by atoms with Crippen LogP contribution in [0.1, 0.15) is 12.8 Å². The third-order valence-electron chi connectivity index (χ3n) is 3.09. The summed E-state index contributed by atoms with van der Waals surface area (Å²) in [6.45, 7) is 0.0559. The van der Waals surface area contributed by atoms with Crippen LogP contribution in [0, 0.1) is 15.9 Å². The molecule has 8 nitrogen and oxygen atoms in total. The summed E-state index contributed by atoms with van der Waals surface area (Å²) < 4.78 is 39.4. The van der Waals surface area contributed by atoms with Crippen molar-refractivity contribution >= 4 is 21.8 Å². The Labute approximate surface area is 119 Å². The molecule has 0 bridgehead atoms. The lowest BCUT2D eigenvalue weighted by atomic mass is 10.3. The number of hydrogen-bond donors (Lipinski definition) is 0. The molecule has 0 N–H and O–H groups in total. The van der Waals surface area contributed by atoms with Crippen LogP contribution >= 0.6 is 0 Å². The topological polar surface area (TPSA) is 110 Å². The molecule has 112 valence electrons. The highest BCUT2D eigenvalue weighted by Crippen LogP contribution is 2.29. The number of nitro benzene ring substituents is 1. The van der Waals surface area contributed by atoms with Gasteiger partial charge in [0.15, 0.2) is 0 Å². The summed E-state index contributed by atoms with van der Waals surface area (Å²) in [6.07, 6.45) is 1.08. The van der Waals surface area contributed by atoms with Crippen LogP contribution in [0.3, 0.4) is 0 Å². The number of isocyanates is 1. The molecule has 0 aromatic heterocycles. The van der Waals surface area contributed by atoms with Crippen molar-refractivity contribution in [2.75, 3.05) is 6.54 Å². The molecule has 1 saturated heterocycles. The molecule has 0 amide bonds. The Kier molecular flexibility index (Phi) is 4.12. The molecule has 10 heteroatoms. The van der Waals surface area contributed by atoms with Gasteiger partial charge in [-0.2, -0.15) is 9.30 Å². The second kappa shape index (κ2) is 5.68. The summed E-state index contributed by atoms with van der Waals surface area (Å²) in [5.74, 6) is -1.10. The van der Waals surface area contributed by atoms with Crippen LogP contribution < -0.4 is 0 Å². The number of aliphatic imine (C=N–C) groups is 1. The first-order chi connectivity index (χ1) is 9.87. The Bertz CT molecular complexity index is 729. The van der Waals surface area contributed by atoms with Gasteiger partial charge in [-0.25, -0.2) is 17.6 Å². The molecule has 1 unspecified atom stereocenters. The van der Waals surface area contributed by atoms with E-state index in [1.54, 1.807) is 0 Å². The Morgan fingerprint density at radius 2 is 2.19 bits per heavy atom. The molecule has 0 radical (unpaired) electrons. The third kappa shape index (κ3) is 2.82. The third-order valence-corrected chi connectivity index (χ3v) is 5.00. The highest BCUT2D eigenvalue weighted by Gasteiger charge is 2.37. The maximum atomic E-state index is 13.8. The van der Waals surface area contributed by atoms with Crippen LogP contribution in [0.2, 0.25) is 0 Å². The van der Waals surface area contributed by atoms with E-state index < -0.39 is 37.5 Å². The molecule has 0 aliphatic carbocycles. The highest BCUT2D eigenvalue weighted by molar-refractivity contribution is 7.89. The van der Waals surface area contributed by atoms with E-state index in [2.05, 4.69) is 4.99 Å². The number of rotatable bonds is 4. The number of sulfonamides is 1. The molecular weight excluding hydrogens is 305 g/mol. The molecule has 1 aromatic rings. The minimum Gasteiger partial charge on any atom is -0.258 e. The molecule has 2 rings (SSSR count). The molecule has 1 aliphatic heterocycles. The van der Waals surface area contributed by atoms with Crippen molar-refractivity contribution in [3.63, 3.8) is 0 Å². The first-order valence-electron chi connectivity index (χ1n) is 5.90. The van der Waals surface area contributed by atoms with Crippen molar-refractivity contribution in [1.29, 1.82) is 0 Å². The normalized spacial score (nSPS) is 19.2. The Balaban J connectivity index is 2.51. The van der Waals surface area contributed by atoms with E-state index in [0.29, 0.717) is 18.9 Å². The van der Waals surface area contributed by atoms with E-state index in [1.165, 1.54) is 6.08 Å². The largest absolute Gasteiger partial charge is 0.270 e. The fourth-order valence-electron chi connectivity index (χ4n) is 2.12. The number of non-ortho nitro benzene ring substituents is 1. The van der Waals surface area contributed by atoms with Gasteiger partial charge in [0.2, 0.25) is 16.1 Å². The molecular formula is C11H10FN3O5S. The molecule has 1 fully saturated rings. The maximum Gasteiger partial charge on any atom is 0.270 e. The van der Waals surface area contributed by atoms with E-state index in [9.17, 15) is 27.7 Å². The minimum atomic E-state index is -4.32. The van der Waals surface area contributed by atoms with Gasteiger partial charge < -0.3 is 0 Å². The number of nitro groups is 1. The second-order valence-electron chi connectivity index (χ2n) is 4.33. The van der Waals surface area contributed by atoms with Gasteiger partial charge in [0.25, 0.3) is 5.69 Å². The average molecular weight is 315 g/mol. The predicted octanol–water partition coefficient (Wildman–Crippen LogP) is 1.18. The summed E-state index contributed by atoms with van der Waals surface area (Å²) >= 11 is 0. The van der Waals surface area contributed by atoms with Crippen molar-refractivity contribution < 1.29 is 22.5 Å². The van der Waals surface area contributed by atoms with Gasteiger partial charge in [-0.3, -0.25) is 10.1 Å². The van der Waals surface area contributed by atoms with Crippen molar-refractivity contribution in [2.45, 2.75) is 23.9 Å². The summed E-state index contributed by atoms with van der Waals surface area (Å²) in [6, 6.07) is 2.25. The summed E-state index contributed by atoms with van der Waals surface area (Å²) in [5, 5.41) is 10.7. The minimum absolute atomic E-state index is 0.0559. The van der Waals surface area contributed by atoms with Crippen LogP contribution in [0.15, 0.2) is 28.1 Å². The molecule has 21 heavy (non-hydrogen) atoms. The number of benzene rings is 1. The van der Waals surface area contributed by atoms with Crippen molar-refractivity contribution in [1.82, 2.24) is 4.31 Å². The van der Waals surface area contributed by atoms with Gasteiger partial charge in [-0.15, -0.1) is 0 Å². The van der Waals surface area contributed by atoms with E-state index in [-0.39, 0.29) is 6.54 Å². The van der Waals surface area contributed by atoms with Crippen LogP contribution in [0.5, 0.6) is 0 Å². The van der Waals surface area contributed by atoms with E-state index >= 15 is 0 Å². The van der Waals surface area contributed by atoms with Crippen molar-refractivity contribution in [3.05, 3.63) is 34.1 Å². The molecule has 0 spiro atoms. The summed E-state index contributed by atoms with van der Waals surface area (Å²) in [7, 11) is -4.32. The first kappa shape index (κ1) is 15.2. The average Bonchev–Trinajstić information content (AvgIpc) is 2.88. The lowest BCUT2D eigenvalue weighted by Crippen LogP contribution is -2.34. The molecule has 1 heterocycles. The van der Waals surface area contributed by atoms with Crippen molar-refractivity contribution in [3.8, 4) is 0 Å². The Morgan fingerprint density at radius 1 is 1.48 bits per heavy atom. The van der Waals surface area contributed by atoms with Gasteiger partial charge in [0.1, 0.15) is 16.9 Å². The fraction of sp³-hybridized carbons (Fsp3) is 0.364. The van der Waals surface area contributed by atoms with Crippen LogP contribution in [-0.2, 0) is 14.8 Å². The number of halogens is 1. The maximum absolute atomic E-state index is 13.8. The van der Waals surface area contributed by atoms with E-state index in [0.717, 1.165) is 16.4 Å². The highest BCUT2D eigenvalue weighted by atomic mass is 32.2. The molecule has 1 atom stereocenters. The fourth-order valence-corrected chi connectivity index (χ4v) is 3.80. The van der Waals surface area contributed by atoms with Gasteiger partial charge in [0, 0.05) is 18.7 Å². The molecule has 1 aliphatic rings. The Hall–Kier alpha value is -2.16. The van der Waals surface area contributed by atoms with E-state index in [1.807, 2.05) is 0 Å². The van der Waals surface area contributed by atoms with Crippen molar-refractivity contribution in [2.24, 2.45) is 4.99 Å². The summed E-state index contributed by atoms with van der Waals surface area (Å²) in [5.41, 5.74) is -0.537. The monoisotopic (exact) mass is 315 g/mol. The zero-order valence-electron chi connectivity index (χ0n) is 10.6. The van der Waals surface area contributed by atoms with Gasteiger partial charge >= 0.3 is 0 Å². The Morgan fingerprint density at radius 3 is 2.81 bits per heavy atom. The second-order valence-corrected chi connectivity index (χ2v) is 6.19. The van der Waals surface area contributed by atoms with E-state index in [4.69, 9.17) is 0 Å². The lowest BCUT2D eigenvalue weighted by molar-refractivity contribution is -0.385. The molecule has 0 saturated carbocycles. The number of hydrogen-bond acceptors (Lipinski definition) is 6. The van der Waals surface area contributed by atoms with Crippen LogP contribution in [-0.4, -0.2) is 36.4 Å². The van der Waals surface area contributed by atoms with Crippen LogP contribution in [0.25, 0.3) is 0 Å². The smallest absolute Gasteiger partial charge is 0.258 e. The quantitative estimate of drug-likeness (QED) is 0.358. The SMILES string of the molecule is O=C=NC1CCCN1S(=O)(=O)c1cc([N+](=O)[O-])ccc1F.